The van der Waals surface area contributed by atoms with E-state index in [1.165, 1.54) is 18.4 Å². The minimum atomic E-state index is 0.711. The third kappa shape index (κ3) is 4.51. The van der Waals surface area contributed by atoms with E-state index >= 15 is 0 Å². The van der Waals surface area contributed by atoms with Crippen LogP contribution in [0.1, 0.15) is 46.5 Å². The number of allylic oxidation sites excluding steroid dienone is 5. The van der Waals surface area contributed by atoms with Gasteiger partial charge in [0.15, 0.2) is 0 Å². The molecule has 0 heterocycles. The average molecular weight is 204 g/mol. The molecule has 0 nitrogen and oxygen atoms in total. The molecule has 0 bridgehead atoms. The molecular weight excluding hydrogens is 180 g/mol. The van der Waals surface area contributed by atoms with Crippen LogP contribution in [0.2, 0.25) is 0 Å². The lowest BCUT2D eigenvalue weighted by molar-refractivity contribution is 0.435. The number of rotatable bonds is 1. The fraction of sp³-hybridized carbons (Fsp3) is 0.600. The quantitative estimate of drug-likeness (QED) is 0.533. The first-order valence-corrected chi connectivity index (χ1v) is 6.11. The summed E-state index contributed by atoms with van der Waals surface area (Å²) in [6.45, 7) is 11.0. The molecule has 0 aliphatic heterocycles. The van der Waals surface area contributed by atoms with Gasteiger partial charge in [0.2, 0.25) is 0 Å². The SMILES string of the molecule is C=C1/C=C\[C@@H](C(C)C)CCC(C)=CCC1. The first kappa shape index (κ1) is 12.3. The van der Waals surface area contributed by atoms with Gasteiger partial charge in [0, 0.05) is 0 Å². The topological polar surface area (TPSA) is 0 Å². The maximum Gasteiger partial charge on any atom is -0.0204 e. The van der Waals surface area contributed by atoms with Gasteiger partial charge in [-0.05, 0) is 44.4 Å². The highest BCUT2D eigenvalue weighted by Crippen LogP contribution is 2.24. The normalized spacial score (nSPS) is 26.3. The van der Waals surface area contributed by atoms with Crippen molar-refractivity contribution in [2.24, 2.45) is 11.8 Å². The monoisotopic (exact) mass is 204 g/mol. The maximum absolute atomic E-state index is 4.09. The summed E-state index contributed by atoms with van der Waals surface area (Å²) in [6.07, 6.45) is 11.8. The second-order valence-corrected chi connectivity index (χ2v) is 5.05. The van der Waals surface area contributed by atoms with Crippen molar-refractivity contribution in [1.29, 1.82) is 0 Å². The van der Waals surface area contributed by atoms with Gasteiger partial charge in [-0.1, -0.05) is 49.8 Å². The van der Waals surface area contributed by atoms with Crippen molar-refractivity contribution < 1.29 is 0 Å². The first-order chi connectivity index (χ1) is 7.09. The van der Waals surface area contributed by atoms with E-state index in [2.05, 4.69) is 45.6 Å². The lowest BCUT2D eigenvalue weighted by Crippen LogP contribution is -2.06. The van der Waals surface area contributed by atoms with Crippen molar-refractivity contribution in [3.05, 3.63) is 36.0 Å². The fourth-order valence-electron chi connectivity index (χ4n) is 2.00. The third-order valence-corrected chi connectivity index (χ3v) is 3.27. The van der Waals surface area contributed by atoms with Gasteiger partial charge in [0.05, 0.1) is 0 Å². The van der Waals surface area contributed by atoms with E-state index < -0.39 is 0 Å². The van der Waals surface area contributed by atoms with E-state index in [1.807, 2.05) is 0 Å². The zero-order valence-electron chi connectivity index (χ0n) is 10.4. The lowest BCUT2D eigenvalue weighted by atomic mass is 9.88. The molecule has 0 unspecified atom stereocenters. The minimum absolute atomic E-state index is 0.711. The molecular formula is C15H24. The van der Waals surface area contributed by atoms with Gasteiger partial charge in [-0.2, -0.15) is 0 Å². The fourth-order valence-corrected chi connectivity index (χ4v) is 2.00. The summed E-state index contributed by atoms with van der Waals surface area (Å²) in [4.78, 5) is 0. The standard InChI is InChI=1S/C15H24/c1-12(2)15-10-8-13(3)6-5-7-14(4)9-11-15/h7-8,10,12,15H,3,5-6,9,11H2,1-2,4H3/b10-8-,14-7?/t15-/m1/s1. The largest absolute Gasteiger partial charge is 0.0958 e. The van der Waals surface area contributed by atoms with Gasteiger partial charge in [-0.15, -0.1) is 0 Å². The van der Waals surface area contributed by atoms with Crippen LogP contribution in [0.25, 0.3) is 0 Å². The van der Waals surface area contributed by atoms with Crippen LogP contribution < -0.4 is 0 Å². The summed E-state index contributed by atoms with van der Waals surface area (Å²) in [7, 11) is 0. The van der Waals surface area contributed by atoms with Gasteiger partial charge >= 0.3 is 0 Å². The van der Waals surface area contributed by atoms with Crippen molar-refractivity contribution in [3.8, 4) is 0 Å². The molecule has 0 heteroatoms. The van der Waals surface area contributed by atoms with Crippen LogP contribution in [0.4, 0.5) is 0 Å². The second kappa shape index (κ2) is 5.95. The van der Waals surface area contributed by atoms with Gasteiger partial charge in [-0.25, -0.2) is 0 Å². The molecule has 0 fully saturated rings. The van der Waals surface area contributed by atoms with Crippen molar-refractivity contribution >= 4 is 0 Å². The molecule has 0 aromatic rings. The van der Waals surface area contributed by atoms with Crippen LogP contribution >= 0.6 is 0 Å². The Morgan fingerprint density at radius 1 is 1.33 bits per heavy atom. The molecule has 0 amide bonds. The summed E-state index contributed by atoms with van der Waals surface area (Å²) in [5.74, 6) is 1.45. The summed E-state index contributed by atoms with van der Waals surface area (Å²) >= 11 is 0. The third-order valence-electron chi connectivity index (χ3n) is 3.27. The predicted octanol–water partition coefficient (Wildman–Crippen LogP) is 4.89. The molecule has 1 aliphatic carbocycles. The number of hydrogen-bond donors (Lipinski definition) is 0. The Morgan fingerprint density at radius 2 is 2.07 bits per heavy atom. The van der Waals surface area contributed by atoms with Crippen LogP contribution in [0.3, 0.4) is 0 Å². The van der Waals surface area contributed by atoms with Crippen LogP contribution in [0.15, 0.2) is 36.0 Å². The van der Waals surface area contributed by atoms with Gasteiger partial charge in [0.25, 0.3) is 0 Å². The predicted molar refractivity (Wildman–Crippen MR) is 68.8 cm³/mol. The Hall–Kier alpha value is -0.780. The molecule has 0 saturated carbocycles. The maximum atomic E-state index is 4.09. The highest BCUT2D eigenvalue weighted by atomic mass is 14.2. The van der Waals surface area contributed by atoms with E-state index in [-0.39, 0.29) is 0 Å². The summed E-state index contributed by atoms with van der Waals surface area (Å²) in [6, 6.07) is 0. The number of hydrogen-bond acceptors (Lipinski definition) is 0. The molecule has 1 atom stereocenters. The Balaban J connectivity index is 2.70. The van der Waals surface area contributed by atoms with E-state index in [1.54, 1.807) is 5.57 Å². The average Bonchev–Trinajstić information content (AvgIpc) is 2.16. The first-order valence-electron chi connectivity index (χ1n) is 6.11. The van der Waals surface area contributed by atoms with Gasteiger partial charge in [-0.3, -0.25) is 0 Å². The van der Waals surface area contributed by atoms with E-state index in [0.717, 1.165) is 18.8 Å². The summed E-state index contributed by atoms with van der Waals surface area (Å²) in [5, 5.41) is 0. The molecule has 0 radical (unpaired) electrons. The van der Waals surface area contributed by atoms with Gasteiger partial charge in [0.1, 0.15) is 0 Å². The van der Waals surface area contributed by atoms with Crippen molar-refractivity contribution in [1.82, 2.24) is 0 Å². The van der Waals surface area contributed by atoms with Crippen molar-refractivity contribution in [3.63, 3.8) is 0 Å². The minimum Gasteiger partial charge on any atom is -0.0958 e. The zero-order valence-corrected chi connectivity index (χ0v) is 10.4. The lowest BCUT2D eigenvalue weighted by Gasteiger charge is -2.18. The smallest absolute Gasteiger partial charge is 0.0204 e. The highest BCUT2D eigenvalue weighted by molar-refractivity contribution is 5.17. The molecule has 1 aliphatic rings. The highest BCUT2D eigenvalue weighted by Gasteiger charge is 2.10. The van der Waals surface area contributed by atoms with E-state index in [9.17, 15) is 0 Å². The van der Waals surface area contributed by atoms with Crippen LogP contribution in [-0.2, 0) is 0 Å². The Morgan fingerprint density at radius 3 is 2.73 bits per heavy atom. The molecule has 0 aromatic carbocycles. The van der Waals surface area contributed by atoms with E-state index in [0.29, 0.717) is 5.92 Å². The second-order valence-electron chi connectivity index (χ2n) is 5.05. The molecule has 0 N–H and O–H groups in total. The molecule has 1 rings (SSSR count). The van der Waals surface area contributed by atoms with Crippen LogP contribution in [0.5, 0.6) is 0 Å². The van der Waals surface area contributed by atoms with Crippen molar-refractivity contribution in [2.75, 3.05) is 0 Å². The van der Waals surface area contributed by atoms with Gasteiger partial charge < -0.3 is 0 Å². The van der Waals surface area contributed by atoms with E-state index in [4.69, 9.17) is 0 Å². The molecule has 0 saturated heterocycles. The Bertz CT molecular complexity index is 266. The molecule has 84 valence electrons. The zero-order chi connectivity index (χ0) is 11.3. The summed E-state index contributed by atoms with van der Waals surface area (Å²) < 4.78 is 0. The van der Waals surface area contributed by atoms with Crippen LogP contribution in [-0.4, -0.2) is 0 Å². The van der Waals surface area contributed by atoms with Crippen LogP contribution in [0, 0.1) is 11.8 Å². The Labute approximate surface area is 94.8 Å². The van der Waals surface area contributed by atoms with Crippen molar-refractivity contribution in [2.45, 2.75) is 46.5 Å². The summed E-state index contributed by atoms with van der Waals surface area (Å²) in [5.41, 5.74) is 2.82. The molecule has 0 aromatic heterocycles. The molecule has 0 spiro atoms. The Kier molecular flexibility index (Phi) is 4.87. The molecule has 15 heavy (non-hydrogen) atoms.